The van der Waals surface area contributed by atoms with E-state index in [9.17, 15) is 14.4 Å². The van der Waals surface area contributed by atoms with Crippen LogP contribution in [0, 0.1) is 0 Å². The minimum atomic E-state index is -1.18. The van der Waals surface area contributed by atoms with Crippen molar-refractivity contribution in [2.45, 2.75) is 12.0 Å². The maximum atomic E-state index is 12.0. The van der Waals surface area contributed by atoms with E-state index < -0.39 is 37.2 Å². The summed E-state index contributed by atoms with van der Waals surface area (Å²) >= 11 is 0. The predicted octanol–water partition coefficient (Wildman–Crippen LogP) is 1.18. The number of hydrogen-bond acceptors (Lipinski definition) is 6. The summed E-state index contributed by atoms with van der Waals surface area (Å²) in [6.45, 7) is -0.879. The molecule has 0 aliphatic heterocycles. The van der Waals surface area contributed by atoms with Crippen LogP contribution in [0.4, 0.5) is 4.79 Å². The fraction of sp³-hybridized carbons (Fsp3) is 0.286. The molecule has 8 nitrogen and oxygen atoms in total. The number of nitrogens with one attached hydrogen (secondary N) is 2. The van der Waals surface area contributed by atoms with Crippen LogP contribution in [0.5, 0.6) is 0 Å². The summed E-state index contributed by atoms with van der Waals surface area (Å²) in [6, 6.07) is 14.7. The van der Waals surface area contributed by atoms with Crippen LogP contribution >= 0.6 is 0 Å². The van der Waals surface area contributed by atoms with Gasteiger partial charge in [-0.3, -0.25) is 4.79 Å². The van der Waals surface area contributed by atoms with Crippen molar-refractivity contribution in [3.8, 4) is 11.1 Å². The Bertz CT molecular complexity index is 868. The van der Waals surface area contributed by atoms with Crippen molar-refractivity contribution >= 4 is 18.0 Å². The third-order valence-corrected chi connectivity index (χ3v) is 4.74. The fourth-order valence-electron chi connectivity index (χ4n) is 3.37. The maximum absolute atomic E-state index is 12.0. The van der Waals surface area contributed by atoms with Crippen LogP contribution in [0.1, 0.15) is 17.0 Å². The van der Waals surface area contributed by atoms with E-state index in [-0.39, 0.29) is 12.5 Å². The predicted molar refractivity (Wildman–Crippen MR) is 104 cm³/mol. The van der Waals surface area contributed by atoms with Crippen LogP contribution in [-0.4, -0.2) is 56.0 Å². The van der Waals surface area contributed by atoms with Crippen LogP contribution in [0.15, 0.2) is 48.5 Å². The Hall–Kier alpha value is -3.39. The number of aliphatic hydroxyl groups is 1. The van der Waals surface area contributed by atoms with Crippen molar-refractivity contribution in [3.05, 3.63) is 59.7 Å². The zero-order chi connectivity index (χ0) is 20.8. The number of fused-ring (bicyclic) bond motifs is 3. The third-order valence-electron chi connectivity index (χ3n) is 4.74. The second-order valence-electron chi connectivity index (χ2n) is 6.50. The number of rotatable bonds is 7. The molecule has 0 fully saturated rings. The largest absolute Gasteiger partial charge is 0.467 e. The van der Waals surface area contributed by atoms with Gasteiger partial charge in [0, 0.05) is 5.92 Å². The lowest BCUT2D eigenvalue weighted by molar-refractivity contribution is -0.146. The van der Waals surface area contributed by atoms with Gasteiger partial charge >= 0.3 is 12.1 Å². The quantitative estimate of drug-likeness (QED) is 0.604. The molecule has 0 radical (unpaired) electrons. The molecule has 3 N–H and O–H groups in total. The van der Waals surface area contributed by atoms with Crippen LogP contribution < -0.4 is 10.6 Å². The van der Waals surface area contributed by atoms with E-state index in [2.05, 4.69) is 15.4 Å². The Morgan fingerprint density at radius 1 is 1.03 bits per heavy atom. The van der Waals surface area contributed by atoms with Crippen LogP contribution in [-0.2, 0) is 19.1 Å². The van der Waals surface area contributed by atoms with Gasteiger partial charge in [0.05, 0.1) is 13.7 Å². The van der Waals surface area contributed by atoms with E-state index in [1.165, 1.54) is 0 Å². The van der Waals surface area contributed by atoms with Crippen LogP contribution in [0.25, 0.3) is 11.1 Å². The lowest BCUT2D eigenvalue weighted by atomic mass is 9.98. The molecule has 1 unspecified atom stereocenters. The molecule has 152 valence electrons. The molecule has 3 rings (SSSR count). The molecule has 1 aliphatic rings. The Kier molecular flexibility index (Phi) is 6.46. The standard InChI is InChI=1S/C21H22N2O6/c1-28-20(26)18(11-24)23-19(25)10-22-21(27)29-12-17-15-8-4-2-6-13(15)14-7-3-5-9-16(14)17/h2-9,17-18,24H,10-12H2,1H3,(H,22,27)(H,23,25). The van der Waals surface area contributed by atoms with Gasteiger partial charge in [-0.15, -0.1) is 0 Å². The van der Waals surface area contributed by atoms with Gasteiger partial charge in [-0.05, 0) is 22.3 Å². The van der Waals surface area contributed by atoms with Crippen molar-refractivity contribution in [2.24, 2.45) is 0 Å². The Balaban J connectivity index is 1.54. The first-order valence-electron chi connectivity index (χ1n) is 9.12. The number of benzene rings is 2. The third kappa shape index (κ3) is 4.55. The summed E-state index contributed by atoms with van der Waals surface area (Å²) in [6.07, 6.45) is -0.749. The van der Waals surface area contributed by atoms with E-state index in [1.807, 2.05) is 48.5 Å². The molecule has 2 aromatic carbocycles. The van der Waals surface area contributed by atoms with E-state index in [1.54, 1.807) is 0 Å². The highest BCUT2D eigenvalue weighted by Gasteiger charge is 2.29. The van der Waals surface area contributed by atoms with E-state index in [0.29, 0.717) is 0 Å². The summed E-state index contributed by atoms with van der Waals surface area (Å²) in [4.78, 5) is 35.2. The summed E-state index contributed by atoms with van der Waals surface area (Å²) < 4.78 is 9.78. The minimum Gasteiger partial charge on any atom is -0.467 e. The van der Waals surface area contributed by atoms with Crippen molar-refractivity contribution < 1.29 is 29.0 Å². The zero-order valence-corrected chi connectivity index (χ0v) is 15.9. The topological polar surface area (TPSA) is 114 Å². The van der Waals surface area contributed by atoms with Gasteiger partial charge < -0.3 is 25.2 Å². The number of alkyl carbamates (subject to hydrolysis) is 1. The molecule has 29 heavy (non-hydrogen) atoms. The minimum absolute atomic E-state index is 0.0833. The van der Waals surface area contributed by atoms with Crippen molar-refractivity contribution in [3.63, 3.8) is 0 Å². The van der Waals surface area contributed by atoms with E-state index in [4.69, 9.17) is 9.84 Å². The lowest BCUT2D eigenvalue weighted by Crippen LogP contribution is -2.47. The molecule has 1 aliphatic carbocycles. The summed E-state index contributed by atoms with van der Waals surface area (Å²) in [5.41, 5.74) is 4.41. The normalized spacial score (nSPS) is 13.0. The maximum Gasteiger partial charge on any atom is 0.407 e. The van der Waals surface area contributed by atoms with Gasteiger partial charge in [-0.2, -0.15) is 0 Å². The summed E-state index contributed by atoms with van der Waals surface area (Å²) in [5.74, 6) is -1.51. The van der Waals surface area contributed by atoms with Gasteiger partial charge in [0.25, 0.3) is 0 Å². The summed E-state index contributed by atoms with van der Waals surface area (Å²) in [5, 5.41) is 13.7. The molecule has 8 heteroatoms. The number of ether oxygens (including phenoxy) is 2. The highest BCUT2D eigenvalue weighted by Crippen LogP contribution is 2.44. The van der Waals surface area contributed by atoms with E-state index in [0.717, 1.165) is 29.4 Å². The number of aliphatic hydroxyl groups excluding tert-OH is 1. The number of carbonyl (C=O) groups excluding carboxylic acids is 3. The first-order chi connectivity index (χ1) is 14.0. The number of hydrogen-bond donors (Lipinski definition) is 3. The molecule has 0 bridgehead atoms. The van der Waals surface area contributed by atoms with Gasteiger partial charge in [0.1, 0.15) is 13.2 Å². The Labute approximate surface area is 167 Å². The molecule has 1 atom stereocenters. The van der Waals surface area contributed by atoms with Gasteiger partial charge in [-0.25, -0.2) is 9.59 Å². The highest BCUT2D eigenvalue weighted by atomic mass is 16.5. The number of esters is 1. The SMILES string of the molecule is COC(=O)C(CO)NC(=O)CNC(=O)OCC1c2ccccc2-c2ccccc21. The molecule has 0 aromatic heterocycles. The fourth-order valence-corrected chi connectivity index (χ4v) is 3.37. The van der Waals surface area contributed by atoms with Crippen molar-refractivity contribution in [1.29, 1.82) is 0 Å². The molecular formula is C21H22N2O6. The molecule has 0 saturated heterocycles. The Morgan fingerprint density at radius 3 is 2.17 bits per heavy atom. The summed E-state index contributed by atoms with van der Waals surface area (Å²) in [7, 11) is 1.14. The molecular weight excluding hydrogens is 376 g/mol. The smallest absolute Gasteiger partial charge is 0.407 e. The van der Waals surface area contributed by atoms with Crippen molar-refractivity contribution in [2.75, 3.05) is 26.9 Å². The number of amides is 2. The van der Waals surface area contributed by atoms with Crippen LogP contribution in [0.2, 0.25) is 0 Å². The Morgan fingerprint density at radius 2 is 1.62 bits per heavy atom. The monoisotopic (exact) mass is 398 g/mol. The lowest BCUT2D eigenvalue weighted by Gasteiger charge is -2.16. The van der Waals surface area contributed by atoms with Crippen molar-refractivity contribution in [1.82, 2.24) is 10.6 Å². The zero-order valence-electron chi connectivity index (χ0n) is 15.9. The first kappa shape index (κ1) is 20.3. The molecule has 2 aromatic rings. The molecule has 0 heterocycles. The van der Waals surface area contributed by atoms with Crippen LogP contribution in [0.3, 0.4) is 0 Å². The second-order valence-corrected chi connectivity index (χ2v) is 6.50. The van der Waals surface area contributed by atoms with E-state index >= 15 is 0 Å². The van der Waals surface area contributed by atoms with Gasteiger partial charge in [0.15, 0.2) is 6.04 Å². The average Bonchev–Trinajstić information content (AvgIpc) is 3.07. The van der Waals surface area contributed by atoms with Gasteiger partial charge in [0.2, 0.25) is 5.91 Å². The van der Waals surface area contributed by atoms with Gasteiger partial charge in [-0.1, -0.05) is 48.5 Å². The number of methoxy groups -OCH3 is 1. The highest BCUT2D eigenvalue weighted by molar-refractivity contribution is 5.87. The first-order valence-corrected chi connectivity index (χ1v) is 9.12. The average molecular weight is 398 g/mol. The molecule has 2 amide bonds. The number of carbonyl (C=O) groups is 3. The second kappa shape index (κ2) is 9.20. The molecule has 0 spiro atoms. The molecule has 0 saturated carbocycles.